The highest BCUT2D eigenvalue weighted by Crippen LogP contribution is 2.19. The van der Waals surface area contributed by atoms with E-state index in [0.717, 1.165) is 17.0 Å². The Bertz CT molecular complexity index is 480. The summed E-state index contributed by atoms with van der Waals surface area (Å²) in [6.07, 6.45) is 5.52. The third kappa shape index (κ3) is 2.45. The van der Waals surface area contributed by atoms with Crippen LogP contribution in [0, 0.1) is 0 Å². The Labute approximate surface area is 94.4 Å². The van der Waals surface area contributed by atoms with Crippen LogP contribution in [-0.4, -0.2) is 17.3 Å². The van der Waals surface area contributed by atoms with Crippen LogP contribution in [0.5, 0.6) is 5.75 Å². The maximum absolute atomic E-state index is 5.25. The molecular formula is C13H12N2O. The minimum atomic E-state index is 0.827. The summed E-state index contributed by atoms with van der Waals surface area (Å²) in [7, 11) is 1.66. The first-order valence-corrected chi connectivity index (χ1v) is 4.99. The molecule has 0 aliphatic carbocycles. The minimum Gasteiger partial charge on any atom is -0.496 e. The average molecular weight is 212 g/mol. The zero-order chi connectivity index (χ0) is 11.2. The summed E-state index contributed by atoms with van der Waals surface area (Å²) < 4.78 is 5.25. The molecule has 0 atom stereocenters. The summed E-state index contributed by atoms with van der Waals surface area (Å²) in [5.74, 6) is 0.850. The second-order valence-electron chi connectivity index (χ2n) is 3.22. The Morgan fingerprint density at radius 1 is 1.06 bits per heavy atom. The first-order valence-electron chi connectivity index (χ1n) is 4.99. The fraction of sp³-hybridized carbons (Fsp3) is 0.0769. The van der Waals surface area contributed by atoms with E-state index in [-0.39, 0.29) is 0 Å². The van der Waals surface area contributed by atoms with Gasteiger partial charge in [0.25, 0.3) is 0 Å². The molecule has 3 heteroatoms. The summed E-state index contributed by atoms with van der Waals surface area (Å²) in [6.45, 7) is 0. The molecule has 1 aromatic heterocycles. The third-order valence-corrected chi connectivity index (χ3v) is 2.17. The average Bonchev–Trinajstić information content (AvgIpc) is 2.38. The number of para-hydroxylation sites is 1. The van der Waals surface area contributed by atoms with Crippen LogP contribution in [0.2, 0.25) is 0 Å². The number of methoxy groups -OCH3 is 1. The highest BCUT2D eigenvalue weighted by Gasteiger charge is 1.96. The summed E-state index contributed by atoms with van der Waals surface area (Å²) in [4.78, 5) is 0. The summed E-state index contributed by atoms with van der Waals surface area (Å²) in [6, 6.07) is 11.6. The lowest BCUT2D eigenvalue weighted by Gasteiger charge is -2.02. The van der Waals surface area contributed by atoms with Crippen molar-refractivity contribution >= 4 is 12.2 Å². The van der Waals surface area contributed by atoms with Gasteiger partial charge in [0.2, 0.25) is 0 Å². The highest BCUT2D eigenvalue weighted by molar-refractivity contribution is 5.70. The number of hydrogen-bond acceptors (Lipinski definition) is 3. The summed E-state index contributed by atoms with van der Waals surface area (Å²) in [5, 5.41) is 7.78. The highest BCUT2D eigenvalue weighted by atomic mass is 16.5. The Morgan fingerprint density at radius 3 is 2.69 bits per heavy atom. The molecule has 0 aliphatic rings. The molecule has 0 radical (unpaired) electrons. The monoisotopic (exact) mass is 212 g/mol. The van der Waals surface area contributed by atoms with E-state index in [1.54, 1.807) is 13.3 Å². The first-order chi connectivity index (χ1) is 7.90. The zero-order valence-electron chi connectivity index (χ0n) is 9.00. The molecule has 1 heterocycles. The van der Waals surface area contributed by atoms with E-state index < -0.39 is 0 Å². The lowest BCUT2D eigenvalue weighted by atomic mass is 10.2. The van der Waals surface area contributed by atoms with E-state index in [0.29, 0.717) is 0 Å². The minimum absolute atomic E-state index is 0.827. The van der Waals surface area contributed by atoms with Crippen LogP contribution >= 0.6 is 0 Å². The first kappa shape index (κ1) is 10.4. The van der Waals surface area contributed by atoms with Crippen LogP contribution in [0.3, 0.4) is 0 Å². The molecule has 3 nitrogen and oxygen atoms in total. The predicted molar refractivity (Wildman–Crippen MR) is 64.0 cm³/mol. The molecule has 1 aromatic carbocycles. The summed E-state index contributed by atoms with van der Waals surface area (Å²) >= 11 is 0. The number of aromatic nitrogens is 2. The van der Waals surface area contributed by atoms with Crippen LogP contribution in [-0.2, 0) is 0 Å². The van der Waals surface area contributed by atoms with Gasteiger partial charge in [0, 0.05) is 11.8 Å². The second-order valence-corrected chi connectivity index (χ2v) is 3.22. The fourth-order valence-electron chi connectivity index (χ4n) is 1.38. The maximum Gasteiger partial charge on any atom is 0.126 e. The molecule has 0 spiro atoms. The SMILES string of the molecule is COc1ccccc1/C=C/c1cccnn1. The zero-order valence-corrected chi connectivity index (χ0v) is 9.00. The van der Waals surface area contributed by atoms with E-state index in [2.05, 4.69) is 10.2 Å². The van der Waals surface area contributed by atoms with E-state index in [4.69, 9.17) is 4.74 Å². The van der Waals surface area contributed by atoms with Crippen molar-refractivity contribution in [3.8, 4) is 5.75 Å². The van der Waals surface area contributed by atoms with Gasteiger partial charge in [-0.25, -0.2) is 0 Å². The van der Waals surface area contributed by atoms with Crippen LogP contribution in [0.1, 0.15) is 11.3 Å². The number of hydrogen-bond donors (Lipinski definition) is 0. The van der Waals surface area contributed by atoms with E-state index in [1.807, 2.05) is 48.6 Å². The lowest BCUT2D eigenvalue weighted by molar-refractivity contribution is 0.414. The quantitative estimate of drug-likeness (QED) is 0.784. The van der Waals surface area contributed by atoms with Crippen molar-refractivity contribution in [3.05, 3.63) is 53.9 Å². The van der Waals surface area contributed by atoms with Crippen molar-refractivity contribution in [2.45, 2.75) is 0 Å². The van der Waals surface area contributed by atoms with Gasteiger partial charge in [-0.1, -0.05) is 18.2 Å². The topological polar surface area (TPSA) is 35.0 Å². The van der Waals surface area contributed by atoms with Crippen LogP contribution < -0.4 is 4.74 Å². The Morgan fingerprint density at radius 2 is 1.94 bits per heavy atom. The molecule has 0 saturated heterocycles. The van der Waals surface area contributed by atoms with Crippen molar-refractivity contribution in [1.29, 1.82) is 0 Å². The Balaban J connectivity index is 2.24. The molecule has 0 aliphatic heterocycles. The molecule has 2 aromatic rings. The van der Waals surface area contributed by atoms with Crippen molar-refractivity contribution in [2.24, 2.45) is 0 Å². The number of rotatable bonds is 3. The Kier molecular flexibility index (Phi) is 3.28. The van der Waals surface area contributed by atoms with Gasteiger partial charge in [0.1, 0.15) is 5.75 Å². The van der Waals surface area contributed by atoms with Gasteiger partial charge in [-0.3, -0.25) is 0 Å². The van der Waals surface area contributed by atoms with Gasteiger partial charge >= 0.3 is 0 Å². The van der Waals surface area contributed by atoms with Gasteiger partial charge in [0.05, 0.1) is 12.8 Å². The largest absolute Gasteiger partial charge is 0.496 e. The molecule has 16 heavy (non-hydrogen) atoms. The van der Waals surface area contributed by atoms with Gasteiger partial charge in [0.15, 0.2) is 0 Å². The predicted octanol–water partition coefficient (Wildman–Crippen LogP) is 2.66. The molecule has 2 rings (SSSR count). The standard InChI is InChI=1S/C13H12N2O/c1-16-13-7-3-2-5-11(13)8-9-12-6-4-10-14-15-12/h2-10H,1H3/b9-8+. The Hall–Kier alpha value is -2.16. The molecule has 0 fully saturated rings. The molecule has 80 valence electrons. The van der Waals surface area contributed by atoms with Crippen LogP contribution in [0.15, 0.2) is 42.6 Å². The van der Waals surface area contributed by atoms with Gasteiger partial charge in [-0.2, -0.15) is 10.2 Å². The van der Waals surface area contributed by atoms with Crippen molar-refractivity contribution in [1.82, 2.24) is 10.2 Å². The second kappa shape index (κ2) is 5.07. The third-order valence-electron chi connectivity index (χ3n) is 2.17. The van der Waals surface area contributed by atoms with Crippen LogP contribution in [0.25, 0.3) is 12.2 Å². The smallest absolute Gasteiger partial charge is 0.126 e. The maximum atomic E-state index is 5.25. The lowest BCUT2D eigenvalue weighted by Crippen LogP contribution is -1.86. The number of ether oxygens (including phenoxy) is 1. The number of benzene rings is 1. The molecule has 0 amide bonds. The van der Waals surface area contributed by atoms with Gasteiger partial charge in [-0.15, -0.1) is 0 Å². The fourth-order valence-corrected chi connectivity index (χ4v) is 1.38. The van der Waals surface area contributed by atoms with Gasteiger partial charge in [-0.05, 0) is 30.4 Å². The molecular weight excluding hydrogens is 200 g/mol. The van der Waals surface area contributed by atoms with E-state index >= 15 is 0 Å². The molecule has 0 bridgehead atoms. The molecule has 0 unspecified atom stereocenters. The van der Waals surface area contributed by atoms with E-state index in [1.165, 1.54) is 0 Å². The van der Waals surface area contributed by atoms with Crippen LogP contribution in [0.4, 0.5) is 0 Å². The normalized spacial score (nSPS) is 10.6. The summed E-state index contributed by atoms with van der Waals surface area (Å²) in [5.41, 5.74) is 1.85. The number of nitrogens with zero attached hydrogens (tertiary/aromatic N) is 2. The molecule has 0 N–H and O–H groups in total. The van der Waals surface area contributed by atoms with E-state index in [9.17, 15) is 0 Å². The van der Waals surface area contributed by atoms with Gasteiger partial charge < -0.3 is 4.74 Å². The van der Waals surface area contributed by atoms with Crippen molar-refractivity contribution < 1.29 is 4.74 Å². The van der Waals surface area contributed by atoms with Crippen molar-refractivity contribution in [2.75, 3.05) is 7.11 Å². The van der Waals surface area contributed by atoms with Crippen molar-refractivity contribution in [3.63, 3.8) is 0 Å². The molecule has 0 saturated carbocycles.